The largest absolute Gasteiger partial charge is 0.490 e. The summed E-state index contributed by atoms with van der Waals surface area (Å²) >= 11 is 0. The van der Waals surface area contributed by atoms with Crippen LogP contribution in [0.15, 0.2) is 41.6 Å². The number of ether oxygens (including phenoxy) is 2. The molecular formula is C24H28F4N4O2. The van der Waals surface area contributed by atoms with Crippen LogP contribution in [-0.4, -0.2) is 49.2 Å². The molecule has 3 heterocycles. The lowest BCUT2D eigenvalue weighted by molar-refractivity contribution is -0.0620. The monoisotopic (exact) mass is 480 g/mol. The van der Waals surface area contributed by atoms with E-state index in [4.69, 9.17) is 9.47 Å². The predicted molar refractivity (Wildman–Crippen MR) is 122 cm³/mol. The molecule has 0 aliphatic carbocycles. The second-order valence-electron chi connectivity index (χ2n) is 8.57. The molecule has 34 heavy (non-hydrogen) atoms. The molecule has 1 aromatic carbocycles. The highest BCUT2D eigenvalue weighted by Gasteiger charge is 2.47. The summed E-state index contributed by atoms with van der Waals surface area (Å²) in [5.41, 5.74) is 0.315. The number of nitrogens with zero attached hydrogens (tertiary/aromatic N) is 4. The Morgan fingerprint density at radius 2 is 1.79 bits per heavy atom. The lowest BCUT2D eigenvalue weighted by Crippen LogP contribution is -2.38. The summed E-state index contributed by atoms with van der Waals surface area (Å²) in [5, 5.41) is 5.36. The third kappa shape index (κ3) is 4.90. The minimum absolute atomic E-state index is 0.0426. The number of methoxy groups -OCH3 is 1. The summed E-state index contributed by atoms with van der Waals surface area (Å²) in [6, 6.07) is 8.23. The Morgan fingerprint density at radius 3 is 2.38 bits per heavy atom. The number of hydrogen-bond acceptors (Lipinski definition) is 6. The summed E-state index contributed by atoms with van der Waals surface area (Å²) in [6.07, 6.45) is -1.38. The van der Waals surface area contributed by atoms with E-state index in [9.17, 15) is 17.6 Å². The van der Waals surface area contributed by atoms with Gasteiger partial charge < -0.3 is 14.4 Å². The molecule has 1 unspecified atom stereocenters. The van der Waals surface area contributed by atoms with Gasteiger partial charge in [0.1, 0.15) is 17.6 Å². The molecule has 10 heteroatoms. The van der Waals surface area contributed by atoms with Crippen LogP contribution in [0.2, 0.25) is 0 Å². The van der Waals surface area contributed by atoms with Gasteiger partial charge in [-0.1, -0.05) is 13.8 Å². The van der Waals surface area contributed by atoms with E-state index in [2.05, 4.69) is 10.1 Å². The number of hydrogen-bond donors (Lipinski definition) is 0. The predicted octanol–water partition coefficient (Wildman–Crippen LogP) is 5.43. The van der Waals surface area contributed by atoms with Crippen LogP contribution in [0.25, 0.3) is 0 Å². The Bertz CT molecular complexity index is 1020. The van der Waals surface area contributed by atoms with Gasteiger partial charge in [-0.15, -0.1) is 0 Å². The minimum atomic E-state index is -4.44. The number of halogens is 4. The van der Waals surface area contributed by atoms with Crippen molar-refractivity contribution < 1.29 is 27.0 Å². The number of benzene rings is 1. The average Bonchev–Trinajstić information content (AvgIpc) is 3.17. The Balaban J connectivity index is 1.38. The summed E-state index contributed by atoms with van der Waals surface area (Å²) in [6.45, 7) is 4.66. The molecular weight excluding hydrogens is 452 g/mol. The van der Waals surface area contributed by atoms with E-state index in [1.54, 1.807) is 37.3 Å². The van der Waals surface area contributed by atoms with Crippen LogP contribution in [0.1, 0.15) is 33.1 Å². The zero-order valence-electron chi connectivity index (χ0n) is 19.3. The van der Waals surface area contributed by atoms with Crippen molar-refractivity contribution in [3.05, 3.63) is 42.3 Å². The zero-order valence-corrected chi connectivity index (χ0v) is 19.3. The molecule has 0 radical (unpaired) electrons. The molecule has 6 nitrogen and oxygen atoms in total. The summed E-state index contributed by atoms with van der Waals surface area (Å²) in [5.74, 6) is -0.0939. The summed E-state index contributed by atoms with van der Waals surface area (Å²) in [7, 11) is 1.49. The Hall–Kier alpha value is -3.04. The van der Waals surface area contributed by atoms with Crippen LogP contribution >= 0.6 is 0 Å². The SMILES string of the molecule is CC[C@H]1C(C)C(C(F)(F)F)=NN1c1ccc(OC2CCN(c3cc(OC)ncc3F)CC2)cc1. The number of anilines is 2. The smallest absolute Gasteiger partial charge is 0.431 e. The highest BCUT2D eigenvalue weighted by molar-refractivity contribution is 5.95. The molecule has 0 bridgehead atoms. The number of hydrazone groups is 1. The first kappa shape index (κ1) is 24.1. The average molecular weight is 481 g/mol. The van der Waals surface area contributed by atoms with Crippen molar-refractivity contribution in [1.29, 1.82) is 0 Å². The van der Waals surface area contributed by atoms with Gasteiger partial charge in [-0.2, -0.15) is 18.3 Å². The first-order chi connectivity index (χ1) is 16.2. The van der Waals surface area contributed by atoms with Crippen molar-refractivity contribution in [1.82, 2.24) is 4.98 Å². The molecule has 1 saturated heterocycles. The maximum atomic E-state index is 14.2. The third-order valence-electron chi connectivity index (χ3n) is 6.45. The van der Waals surface area contributed by atoms with Gasteiger partial charge in [-0.25, -0.2) is 9.37 Å². The van der Waals surface area contributed by atoms with E-state index in [1.807, 2.05) is 11.8 Å². The number of pyridine rings is 1. The van der Waals surface area contributed by atoms with Gasteiger partial charge in [0.05, 0.1) is 30.7 Å². The maximum absolute atomic E-state index is 14.2. The molecule has 4 rings (SSSR count). The third-order valence-corrected chi connectivity index (χ3v) is 6.45. The van der Waals surface area contributed by atoms with Crippen molar-refractivity contribution in [3.8, 4) is 11.6 Å². The zero-order chi connectivity index (χ0) is 24.5. The first-order valence-corrected chi connectivity index (χ1v) is 11.4. The summed E-state index contributed by atoms with van der Waals surface area (Å²) in [4.78, 5) is 5.82. The van der Waals surface area contributed by atoms with Gasteiger partial charge in [0.25, 0.3) is 0 Å². The lowest BCUT2D eigenvalue weighted by Gasteiger charge is -2.34. The van der Waals surface area contributed by atoms with Crippen molar-refractivity contribution >= 4 is 17.1 Å². The van der Waals surface area contributed by atoms with Gasteiger partial charge in [0, 0.05) is 37.9 Å². The molecule has 0 N–H and O–H groups in total. The number of piperidine rings is 1. The van der Waals surface area contributed by atoms with Crippen molar-refractivity contribution in [3.63, 3.8) is 0 Å². The van der Waals surface area contributed by atoms with Crippen molar-refractivity contribution in [2.24, 2.45) is 11.0 Å². The second kappa shape index (κ2) is 9.68. The van der Waals surface area contributed by atoms with E-state index >= 15 is 0 Å². The molecule has 2 aliphatic rings. The normalized spacial score (nSPS) is 21.6. The molecule has 2 atom stereocenters. The minimum Gasteiger partial charge on any atom is -0.490 e. The molecule has 0 spiro atoms. The van der Waals surface area contributed by atoms with Gasteiger partial charge in [0.2, 0.25) is 5.88 Å². The number of rotatable bonds is 6. The molecule has 1 aromatic heterocycles. The molecule has 2 aromatic rings. The van der Waals surface area contributed by atoms with Crippen molar-refractivity contribution in [2.75, 3.05) is 30.1 Å². The Morgan fingerprint density at radius 1 is 1.12 bits per heavy atom. The highest BCUT2D eigenvalue weighted by atomic mass is 19.4. The van der Waals surface area contributed by atoms with Gasteiger partial charge >= 0.3 is 6.18 Å². The number of aromatic nitrogens is 1. The highest BCUT2D eigenvalue weighted by Crippen LogP contribution is 2.37. The topological polar surface area (TPSA) is 50.2 Å². The maximum Gasteiger partial charge on any atom is 0.431 e. The quantitative estimate of drug-likeness (QED) is 0.516. The van der Waals surface area contributed by atoms with E-state index < -0.39 is 23.6 Å². The van der Waals surface area contributed by atoms with Crippen LogP contribution in [0.3, 0.4) is 0 Å². The number of alkyl halides is 3. The van der Waals surface area contributed by atoms with Crippen LogP contribution < -0.4 is 19.4 Å². The van der Waals surface area contributed by atoms with E-state index in [0.717, 1.165) is 6.20 Å². The van der Waals surface area contributed by atoms with Gasteiger partial charge in [0.15, 0.2) is 5.82 Å². The van der Waals surface area contributed by atoms with E-state index in [1.165, 1.54) is 12.1 Å². The second-order valence-corrected chi connectivity index (χ2v) is 8.57. The van der Waals surface area contributed by atoms with Crippen LogP contribution in [0.5, 0.6) is 11.6 Å². The van der Waals surface area contributed by atoms with Gasteiger partial charge in [-0.3, -0.25) is 5.01 Å². The van der Waals surface area contributed by atoms with E-state index in [0.29, 0.717) is 55.4 Å². The van der Waals surface area contributed by atoms with Crippen molar-refractivity contribution in [2.45, 2.75) is 51.4 Å². The van der Waals surface area contributed by atoms with E-state index in [-0.39, 0.29) is 12.1 Å². The van der Waals surface area contributed by atoms with Crippen LogP contribution in [0.4, 0.5) is 28.9 Å². The summed E-state index contributed by atoms with van der Waals surface area (Å²) < 4.78 is 65.3. The fourth-order valence-corrected chi connectivity index (χ4v) is 4.61. The molecule has 0 amide bonds. The first-order valence-electron chi connectivity index (χ1n) is 11.4. The fraction of sp³-hybridized carbons (Fsp3) is 0.500. The molecule has 2 aliphatic heterocycles. The van der Waals surface area contributed by atoms with Crippen LogP contribution in [-0.2, 0) is 0 Å². The Kier molecular flexibility index (Phi) is 6.86. The van der Waals surface area contributed by atoms with Gasteiger partial charge in [-0.05, 0) is 30.7 Å². The molecule has 1 fully saturated rings. The fourth-order valence-electron chi connectivity index (χ4n) is 4.61. The molecule has 184 valence electrons. The standard InChI is InChI=1S/C24H28F4N4O2/c1-4-20-15(2)23(24(26,27)28)30-32(20)16-5-7-17(8-6-16)34-18-9-11-31(12-10-18)21-13-22(33-3)29-14-19(21)25/h5-8,13-15,18,20H,4,9-12H2,1-3H3/t15?,20-/m0/s1. The lowest BCUT2D eigenvalue weighted by atomic mass is 9.95. The molecule has 0 saturated carbocycles. The van der Waals surface area contributed by atoms with Crippen LogP contribution in [0, 0.1) is 11.7 Å². The Labute approximate surface area is 196 Å².